The van der Waals surface area contributed by atoms with Crippen molar-refractivity contribution < 1.29 is 13.2 Å². The third-order valence-electron chi connectivity index (χ3n) is 3.47. The van der Waals surface area contributed by atoms with Crippen molar-refractivity contribution in [3.8, 4) is 0 Å². The van der Waals surface area contributed by atoms with Gasteiger partial charge in [-0.2, -0.15) is 0 Å². The van der Waals surface area contributed by atoms with Gasteiger partial charge in [0.15, 0.2) is 0 Å². The summed E-state index contributed by atoms with van der Waals surface area (Å²) in [6, 6.07) is 3.41. The summed E-state index contributed by atoms with van der Waals surface area (Å²) < 4.78 is 23.5. The number of rotatable bonds is 2. The molecule has 0 saturated heterocycles. The van der Waals surface area contributed by atoms with Crippen LogP contribution in [0.15, 0.2) is 21.5 Å². The predicted octanol–water partition coefficient (Wildman–Crippen LogP) is 2.71. The normalized spacial score (nSPS) is 15.7. The lowest BCUT2D eigenvalue weighted by Crippen LogP contribution is -2.32. The first-order valence-electron chi connectivity index (χ1n) is 6.36. The number of amides is 1. The molecule has 2 rings (SSSR count). The molecule has 0 aromatic heterocycles. The summed E-state index contributed by atoms with van der Waals surface area (Å²) in [5.41, 5.74) is 2.01. The maximum Gasteiger partial charge on any atom is 0.262 e. The molecule has 0 atom stereocenters. The zero-order valence-corrected chi connectivity index (χ0v) is 14.2. The van der Waals surface area contributed by atoms with E-state index in [4.69, 9.17) is 10.7 Å². The van der Waals surface area contributed by atoms with Crippen LogP contribution < -0.4 is 0 Å². The molecule has 20 heavy (non-hydrogen) atoms. The highest BCUT2D eigenvalue weighted by atomic mass is 79.9. The van der Waals surface area contributed by atoms with Crippen LogP contribution in [0.5, 0.6) is 0 Å². The second-order valence-electron chi connectivity index (χ2n) is 4.72. The quantitative estimate of drug-likeness (QED) is 0.741. The maximum atomic E-state index is 11.8. The standard InChI is InChI=1S/C13H15BrClNO3S/c1-2-13(17)16-5-3-9-7-11(14)12(20(15,18)19)8-10(9)4-6-16/h7-8H,2-6H2,1H3. The molecule has 0 aliphatic carbocycles. The van der Waals surface area contributed by atoms with Crippen LogP contribution in [0.4, 0.5) is 0 Å². The average molecular weight is 381 g/mol. The summed E-state index contributed by atoms with van der Waals surface area (Å²) in [6.07, 6.45) is 1.86. The summed E-state index contributed by atoms with van der Waals surface area (Å²) in [5, 5.41) is 0. The van der Waals surface area contributed by atoms with Gasteiger partial charge < -0.3 is 4.90 Å². The van der Waals surface area contributed by atoms with E-state index in [1.807, 2.05) is 11.8 Å². The number of hydrogen-bond acceptors (Lipinski definition) is 3. The van der Waals surface area contributed by atoms with Gasteiger partial charge in [0.05, 0.1) is 4.90 Å². The minimum absolute atomic E-state index is 0.0909. The van der Waals surface area contributed by atoms with Crippen molar-refractivity contribution >= 4 is 41.6 Å². The fourth-order valence-corrected chi connectivity index (χ4v) is 4.65. The van der Waals surface area contributed by atoms with Gasteiger partial charge >= 0.3 is 0 Å². The van der Waals surface area contributed by atoms with Gasteiger partial charge in [0.25, 0.3) is 9.05 Å². The summed E-state index contributed by atoms with van der Waals surface area (Å²) >= 11 is 3.25. The molecule has 110 valence electrons. The Kier molecular flexibility index (Phi) is 4.76. The molecule has 0 saturated carbocycles. The second kappa shape index (κ2) is 6.03. The molecule has 1 aliphatic rings. The topological polar surface area (TPSA) is 54.5 Å². The summed E-state index contributed by atoms with van der Waals surface area (Å²) in [5.74, 6) is 0.127. The van der Waals surface area contributed by atoms with E-state index in [-0.39, 0.29) is 10.8 Å². The summed E-state index contributed by atoms with van der Waals surface area (Å²) in [4.78, 5) is 13.7. The number of nitrogens with zero attached hydrogens (tertiary/aromatic N) is 1. The fraction of sp³-hybridized carbons (Fsp3) is 0.462. The lowest BCUT2D eigenvalue weighted by atomic mass is 10.0. The third-order valence-corrected chi connectivity index (χ3v) is 5.75. The van der Waals surface area contributed by atoms with E-state index in [0.717, 1.165) is 17.5 Å². The minimum Gasteiger partial charge on any atom is -0.342 e. The Hall–Kier alpha value is -0.590. The van der Waals surface area contributed by atoms with E-state index in [1.165, 1.54) is 0 Å². The Morgan fingerprint density at radius 3 is 2.35 bits per heavy atom. The molecule has 1 aromatic carbocycles. The first-order chi connectivity index (χ1) is 9.32. The molecule has 1 aromatic rings. The third kappa shape index (κ3) is 3.35. The van der Waals surface area contributed by atoms with Crippen molar-refractivity contribution in [2.24, 2.45) is 0 Å². The number of hydrogen-bond donors (Lipinski definition) is 0. The lowest BCUT2D eigenvalue weighted by molar-refractivity contribution is -0.130. The Morgan fingerprint density at radius 1 is 1.30 bits per heavy atom. The number of fused-ring (bicyclic) bond motifs is 1. The highest BCUT2D eigenvalue weighted by Crippen LogP contribution is 2.30. The molecule has 0 unspecified atom stereocenters. The zero-order valence-electron chi connectivity index (χ0n) is 11.0. The van der Waals surface area contributed by atoms with Crippen molar-refractivity contribution in [3.05, 3.63) is 27.7 Å². The van der Waals surface area contributed by atoms with Crippen LogP contribution in [0.1, 0.15) is 24.5 Å². The smallest absolute Gasteiger partial charge is 0.262 e. The van der Waals surface area contributed by atoms with E-state index in [9.17, 15) is 13.2 Å². The summed E-state index contributed by atoms with van der Waals surface area (Å²) in [7, 11) is 1.66. The molecular weight excluding hydrogens is 366 g/mol. The van der Waals surface area contributed by atoms with Crippen molar-refractivity contribution in [2.45, 2.75) is 31.1 Å². The van der Waals surface area contributed by atoms with Crippen molar-refractivity contribution in [1.82, 2.24) is 4.90 Å². The number of benzene rings is 1. The molecule has 0 radical (unpaired) electrons. The van der Waals surface area contributed by atoms with E-state index < -0.39 is 9.05 Å². The van der Waals surface area contributed by atoms with Crippen LogP contribution in [-0.2, 0) is 26.7 Å². The molecule has 1 amide bonds. The SMILES string of the molecule is CCC(=O)N1CCc2cc(Br)c(S(=O)(=O)Cl)cc2CC1. The highest BCUT2D eigenvalue weighted by molar-refractivity contribution is 9.10. The van der Waals surface area contributed by atoms with Gasteiger partial charge in [0, 0.05) is 34.7 Å². The van der Waals surface area contributed by atoms with E-state index in [2.05, 4.69) is 15.9 Å². The summed E-state index contributed by atoms with van der Waals surface area (Å²) in [6.45, 7) is 3.12. The van der Waals surface area contributed by atoms with Gasteiger partial charge in [-0.05, 0) is 52.0 Å². The Morgan fingerprint density at radius 2 is 1.85 bits per heavy atom. The van der Waals surface area contributed by atoms with Gasteiger partial charge in [-0.3, -0.25) is 4.79 Å². The van der Waals surface area contributed by atoms with Crippen LogP contribution >= 0.6 is 26.6 Å². The van der Waals surface area contributed by atoms with Gasteiger partial charge in [-0.25, -0.2) is 8.42 Å². The predicted molar refractivity (Wildman–Crippen MR) is 81.5 cm³/mol. The lowest BCUT2D eigenvalue weighted by Gasteiger charge is -2.19. The minimum atomic E-state index is -3.77. The average Bonchev–Trinajstić information content (AvgIpc) is 2.57. The molecule has 1 heterocycles. The van der Waals surface area contributed by atoms with E-state index >= 15 is 0 Å². The highest BCUT2D eigenvalue weighted by Gasteiger charge is 2.21. The van der Waals surface area contributed by atoms with E-state index in [1.54, 1.807) is 12.1 Å². The van der Waals surface area contributed by atoms with Crippen LogP contribution in [0.3, 0.4) is 0 Å². The molecule has 0 spiro atoms. The molecule has 1 aliphatic heterocycles. The Bertz CT molecular complexity index is 645. The largest absolute Gasteiger partial charge is 0.342 e. The molecule has 4 nitrogen and oxygen atoms in total. The maximum absolute atomic E-state index is 11.8. The first kappa shape index (κ1) is 15.8. The van der Waals surface area contributed by atoms with Gasteiger partial charge in [0.1, 0.15) is 0 Å². The fourth-order valence-electron chi connectivity index (χ4n) is 2.38. The van der Waals surface area contributed by atoms with Gasteiger partial charge in [-0.15, -0.1) is 0 Å². The molecule has 0 bridgehead atoms. The van der Waals surface area contributed by atoms with Gasteiger partial charge in [-0.1, -0.05) is 6.92 Å². The van der Waals surface area contributed by atoms with Crippen molar-refractivity contribution in [3.63, 3.8) is 0 Å². The monoisotopic (exact) mass is 379 g/mol. The second-order valence-corrected chi connectivity index (χ2v) is 8.11. The van der Waals surface area contributed by atoms with Crippen LogP contribution in [0.25, 0.3) is 0 Å². The van der Waals surface area contributed by atoms with Crippen molar-refractivity contribution in [1.29, 1.82) is 0 Å². The number of halogens is 2. The van der Waals surface area contributed by atoms with Crippen molar-refractivity contribution in [2.75, 3.05) is 13.1 Å². The Labute approximate surface area is 131 Å². The Balaban J connectivity index is 2.35. The molecule has 0 fully saturated rings. The van der Waals surface area contributed by atoms with Crippen LogP contribution in [0.2, 0.25) is 0 Å². The zero-order chi connectivity index (χ0) is 14.9. The molecule has 7 heteroatoms. The molecule has 0 N–H and O–H groups in total. The first-order valence-corrected chi connectivity index (χ1v) is 9.47. The van der Waals surface area contributed by atoms with Crippen LogP contribution in [-0.4, -0.2) is 32.3 Å². The van der Waals surface area contributed by atoms with Gasteiger partial charge in [0.2, 0.25) is 5.91 Å². The molecular formula is C13H15BrClNO3S. The van der Waals surface area contributed by atoms with E-state index in [0.29, 0.717) is 30.4 Å². The number of carbonyl (C=O) groups excluding carboxylic acids is 1. The van der Waals surface area contributed by atoms with Crippen LogP contribution in [0, 0.1) is 0 Å². The number of carbonyl (C=O) groups is 1.